The average Bonchev–Trinajstić information content (AvgIpc) is 3.60. The Balaban J connectivity index is 1.20. The third-order valence-electron chi connectivity index (χ3n) is 13.9. The highest BCUT2D eigenvalue weighted by Gasteiger charge is 2.46. The molecule has 3 aliphatic rings. The predicted molar refractivity (Wildman–Crippen MR) is 249 cm³/mol. The lowest BCUT2D eigenvalue weighted by molar-refractivity contribution is -0.722. The van der Waals surface area contributed by atoms with Crippen molar-refractivity contribution in [2.75, 3.05) is 0 Å². The molecule has 1 saturated carbocycles. The molecule has 5 nitrogen and oxygen atoms in total. The number of hydrogen-bond donors (Lipinski definition) is 0. The number of hydrogen-bond acceptors (Lipinski definition) is 3. The van der Waals surface area contributed by atoms with E-state index in [2.05, 4.69) is 148 Å². The van der Waals surface area contributed by atoms with Crippen LogP contribution in [0.5, 0.6) is 0 Å². The van der Waals surface area contributed by atoms with Crippen LogP contribution in [0.25, 0.3) is 55.8 Å². The van der Waals surface area contributed by atoms with E-state index in [1.807, 2.05) is 0 Å². The maximum absolute atomic E-state index is 7.02. The first kappa shape index (κ1) is 39.0. The maximum atomic E-state index is 7.02. The number of aromatic nitrogens is 4. The molecule has 0 bridgehead atoms. The van der Waals surface area contributed by atoms with Gasteiger partial charge in [-0.3, -0.25) is 4.98 Å². The van der Waals surface area contributed by atoms with Crippen molar-refractivity contribution >= 4 is 35.3 Å². The number of nitrogens with zero attached hydrogens (tertiary/aromatic N) is 4. The van der Waals surface area contributed by atoms with E-state index >= 15 is 0 Å². The molecule has 0 saturated heterocycles. The van der Waals surface area contributed by atoms with Crippen molar-refractivity contribution in [3.05, 3.63) is 137 Å². The first-order valence-electron chi connectivity index (χ1n) is 22.6. The van der Waals surface area contributed by atoms with Crippen LogP contribution in [0.2, 0.25) is 19.6 Å². The van der Waals surface area contributed by atoms with Gasteiger partial charge in [-0.1, -0.05) is 102 Å². The largest absolute Gasteiger partial charge is 0.437 e. The molecule has 2 unspecified atom stereocenters. The second-order valence-electron chi connectivity index (χ2n) is 19.7. The second-order valence-corrected chi connectivity index (χ2v) is 24.8. The van der Waals surface area contributed by atoms with Gasteiger partial charge in [0.1, 0.15) is 0 Å². The fraction of sp³-hybridized carbons (Fsp3) is 0.370. The molecular weight excluding hydrogens is 749 g/mol. The summed E-state index contributed by atoms with van der Waals surface area (Å²) in [7, 11) is -1.72. The molecule has 60 heavy (non-hydrogen) atoms. The van der Waals surface area contributed by atoms with E-state index in [0.29, 0.717) is 17.5 Å². The molecule has 10 rings (SSSR count). The Labute approximate surface area is 357 Å². The van der Waals surface area contributed by atoms with Crippen molar-refractivity contribution in [1.29, 1.82) is 0 Å². The fourth-order valence-corrected chi connectivity index (χ4v) is 12.9. The number of furan rings is 1. The van der Waals surface area contributed by atoms with E-state index in [-0.39, 0.29) is 12.0 Å². The minimum Gasteiger partial charge on any atom is -0.437 e. The standard InChI is InChI=1S/C54H60N4OSi/c1-33(2)27-41-30-48-50-36(5)55-35(4)28-45(50)42-21-19-39-20-22-43-44-23-24-46(38-17-13-10-14-18-38)56-54(44)59-53(43)51(39)47-29-40(37-15-11-9-12-16-37)25-26-57(47)31-34(3)52(42)58(48)32-49(41)60(6,7)8/h10,13-14,17-18,20,22-26,28-30,32-33,37,42,52H,3,9,11-12,15-16,19,21,27,31H2,1-2,4-8H3/q+2. The van der Waals surface area contributed by atoms with E-state index in [4.69, 9.17) is 21.0 Å². The van der Waals surface area contributed by atoms with Gasteiger partial charge in [0, 0.05) is 45.4 Å². The summed E-state index contributed by atoms with van der Waals surface area (Å²) in [6, 6.07) is 29.5. The summed E-state index contributed by atoms with van der Waals surface area (Å²) >= 11 is 0. The molecule has 0 amide bonds. The number of rotatable bonds is 5. The van der Waals surface area contributed by atoms with Crippen molar-refractivity contribution in [1.82, 2.24) is 9.97 Å². The lowest BCUT2D eigenvalue weighted by atomic mass is 9.75. The highest BCUT2D eigenvalue weighted by Crippen LogP contribution is 2.47. The summed E-state index contributed by atoms with van der Waals surface area (Å²) in [4.78, 5) is 10.3. The number of pyridine rings is 4. The zero-order valence-corrected chi connectivity index (χ0v) is 37.7. The minimum absolute atomic E-state index is 0.104. The van der Waals surface area contributed by atoms with Gasteiger partial charge in [-0.05, 0) is 98.2 Å². The smallest absolute Gasteiger partial charge is 0.227 e. The van der Waals surface area contributed by atoms with Gasteiger partial charge in [0.25, 0.3) is 0 Å². The molecule has 304 valence electrons. The van der Waals surface area contributed by atoms with Crippen LogP contribution >= 0.6 is 0 Å². The Kier molecular flexibility index (Phi) is 9.78. The maximum Gasteiger partial charge on any atom is 0.227 e. The van der Waals surface area contributed by atoms with Gasteiger partial charge in [-0.25, -0.2) is 4.98 Å². The van der Waals surface area contributed by atoms with Crippen molar-refractivity contribution in [3.8, 4) is 33.8 Å². The summed E-state index contributed by atoms with van der Waals surface area (Å²) in [5.41, 5.74) is 17.9. The van der Waals surface area contributed by atoms with Crippen LogP contribution in [-0.4, -0.2) is 18.0 Å². The molecule has 1 aliphatic carbocycles. The Morgan fingerprint density at radius 2 is 1.62 bits per heavy atom. The first-order valence-corrected chi connectivity index (χ1v) is 26.1. The molecule has 0 spiro atoms. The van der Waals surface area contributed by atoms with Gasteiger partial charge in [0.05, 0.1) is 42.1 Å². The quantitative estimate of drug-likeness (QED) is 0.0988. The van der Waals surface area contributed by atoms with E-state index in [0.717, 1.165) is 64.8 Å². The highest BCUT2D eigenvalue weighted by molar-refractivity contribution is 6.89. The van der Waals surface area contributed by atoms with E-state index in [1.165, 1.54) is 82.4 Å². The minimum atomic E-state index is -1.72. The summed E-state index contributed by atoms with van der Waals surface area (Å²) in [6.45, 7) is 22.4. The van der Waals surface area contributed by atoms with Crippen LogP contribution in [0.15, 0.2) is 108 Å². The number of allylic oxidation sites excluding steroid dienone is 1. The molecule has 0 radical (unpaired) electrons. The zero-order chi connectivity index (χ0) is 41.4. The van der Waals surface area contributed by atoms with Gasteiger partial charge in [-0.2, -0.15) is 9.13 Å². The molecule has 7 aromatic rings. The predicted octanol–water partition coefficient (Wildman–Crippen LogP) is 12.2. The summed E-state index contributed by atoms with van der Waals surface area (Å²) in [5, 5.41) is 3.75. The Hall–Kier alpha value is -5.20. The van der Waals surface area contributed by atoms with Gasteiger partial charge in [0.15, 0.2) is 30.6 Å². The van der Waals surface area contributed by atoms with Gasteiger partial charge < -0.3 is 4.42 Å². The third kappa shape index (κ3) is 6.76. The number of fused-ring (bicyclic) bond motifs is 13. The normalized spacial score (nSPS) is 18.2. The zero-order valence-electron chi connectivity index (χ0n) is 36.7. The van der Waals surface area contributed by atoms with Gasteiger partial charge in [-0.15, -0.1) is 0 Å². The Bertz CT molecular complexity index is 2820. The second kappa shape index (κ2) is 15.1. The van der Waals surface area contributed by atoms with Crippen molar-refractivity contribution in [3.63, 3.8) is 0 Å². The molecule has 2 atom stereocenters. The molecule has 6 heteroatoms. The summed E-state index contributed by atoms with van der Waals surface area (Å²) in [5.74, 6) is 1.39. The lowest BCUT2D eigenvalue weighted by Crippen LogP contribution is -2.55. The fourth-order valence-electron chi connectivity index (χ4n) is 11.2. The van der Waals surface area contributed by atoms with Crippen molar-refractivity contribution in [2.24, 2.45) is 5.92 Å². The van der Waals surface area contributed by atoms with Crippen molar-refractivity contribution in [2.45, 2.75) is 123 Å². The Morgan fingerprint density at radius 3 is 2.38 bits per heavy atom. The molecular formula is C54H60N4OSi+2. The highest BCUT2D eigenvalue weighted by atomic mass is 28.3. The lowest BCUT2D eigenvalue weighted by Gasteiger charge is -2.34. The van der Waals surface area contributed by atoms with E-state index in [1.54, 1.807) is 5.19 Å². The van der Waals surface area contributed by atoms with Crippen LogP contribution in [0.4, 0.5) is 0 Å². The molecule has 0 N–H and O–H groups in total. The number of aryl methyl sites for hydroxylation is 3. The van der Waals surface area contributed by atoms with E-state index in [9.17, 15) is 0 Å². The SMILES string of the molecule is C=C1C[n+]2ccc(C3CCCCC3)cc2-c2c(ccc3c2oc2nc(-c4ccccc4)ccc23)CCC2c3cc(C)nc(C)c3-c3cc(CC(C)C)c([Si](C)(C)C)c[n+]3C12. The first-order chi connectivity index (χ1) is 28.9. The van der Waals surface area contributed by atoms with Crippen LogP contribution in [-0.2, 0) is 19.4 Å². The topological polar surface area (TPSA) is 46.7 Å². The van der Waals surface area contributed by atoms with E-state index < -0.39 is 8.07 Å². The molecule has 5 aromatic heterocycles. The summed E-state index contributed by atoms with van der Waals surface area (Å²) in [6.07, 6.45) is 14.4. The monoisotopic (exact) mass is 808 g/mol. The van der Waals surface area contributed by atoms with Gasteiger partial charge >= 0.3 is 0 Å². The Morgan fingerprint density at radius 1 is 0.833 bits per heavy atom. The van der Waals surface area contributed by atoms with Crippen LogP contribution in [0, 0.1) is 19.8 Å². The molecule has 1 fully saturated rings. The average molecular weight is 809 g/mol. The van der Waals surface area contributed by atoms with Gasteiger partial charge in [0.2, 0.25) is 17.1 Å². The van der Waals surface area contributed by atoms with Crippen LogP contribution in [0.3, 0.4) is 0 Å². The summed E-state index contributed by atoms with van der Waals surface area (Å²) < 4.78 is 12.2. The number of benzene rings is 2. The molecule has 2 aromatic carbocycles. The molecule has 7 heterocycles. The van der Waals surface area contributed by atoms with Crippen LogP contribution in [0.1, 0.15) is 104 Å². The third-order valence-corrected chi connectivity index (χ3v) is 16.0. The molecule has 2 aliphatic heterocycles. The van der Waals surface area contributed by atoms with Crippen LogP contribution < -0.4 is 14.3 Å². The van der Waals surface area contributed by atoms with Crippen molar-refractivity contribution < 1.29 is 13.6 Å².